The van der Waals surface area contributed by atoms with E-state index in [4.69, 9.17) is 10.6 Å². The molecule has 6 heteroatoms. The number of hydrazine groups is 1. The molecule has 4 N–H and O–H groups in total. The van der Waals surface area contributed by atoms with E-state index in [0.717, 1.165) is 0 Å². The maximum atomic E-state index is 12.1. The second kappa shape index (κ2) is 7.00. The molecular weight excluding hydrogens is 292 g/mol. The molecule has 6 nitrogen and oxygen atoms in total. The van der Waals surface area contributed by atoms with E-state index in [1.807, 2.05) is 39.0 Å². The molecule has 0 unspecified atom stereocenters. The van der Waals surface area contributed by atoms with E-state index >= 15 is 0 Å². The van der Waals surface area contributed by atoms with Gasteiger partial charge in [0, 0.05) is 5.92 Å². The second-order valence-corrected chi connectivity index (χ2v) is 6.85. The summed E-state index contributed by atoms with van der Waals surface area (Å²) >= 11 is 0. The predicted molar refractivity (Wildman–Crippen MR) is 91.2 cm³/mol. The van der Waals surface area contributed by atoms with Crippen molar-refractivity contribution in [2.45, 2.75) is 57.7 Å². The van der Waals surface area contributed by atoms with E-state index < -0.39 is 11.7 Å². The van der Waals surface area contributed by atoms with E-state index in [0.29, 0.717) is 12.3 Å². The number of ether oxygens (including phenoxy) is 1. The topological polar surface area (TPSA) is 88.7 Å². The van der Waals surface area contributed by atoms with E-state index in [1.54, 1.807) is 0 Å². The molecule has 0 bridgehead atoms. The summed E-state index contributed by atoms with van der Waals surface area (Å²) in [6.07, 6.45) is 0.250. The van der Waals surface area contributed by atoms with Crippen molar-refractivity contribution in [2.75, 3.05) is 0 Å². The van der Waals surface area contributed by atoms with Crippen molar-refractivity contribution in [3.8, 4) is 0 Å². The highest BCUT2D eigenvalue weighted by Gasteiger charge is 2.33. The fourth-order valence-corrected chi connectivity index (χ4v) is 2.79. The van der Waals surface area contributed by atoms with Crippen LogP contribution >= 0.6 is 0 Å². The minimum Gasteiger partial charge on any atom is -0.444 e. The van der Waals surface area contributed by atoms with Crippen molar-refractivity contribution in [2.24, 2.45) is 10.8 Å². The molecule has 0 saturated carbocycles. The zero-order valence-electron chi connectivity index (χ0n) is 14.2. The van der Waals surface area contributed by atoms with Crippen LogP contribution in [0.15, 0.2) is 35.3 Å². The van der Waals surface area contributed by atoms with Crippen LogP contribution in [0.2, 0.25) is 0 Å². The Bertz CT molecular complexity index is 566. The number of nitrogens with zero attached hydrogens (tertiary/aromatic N) is 1. The van der Waals surface area contributed by atoms with Crippen LogP contribution in [0.5, 0.6) is 0 Å². The molecular formula is C17H26N4O2. The van der Waals surface area contributed by atoms with Gasteiger partial charge in [0.2, 0.25) is 0 Å². The monoisotopic (exact) mass is 318 g/mol. The summed E-state index contributed by atoms with van der Waals surface area (Å²) in [4.78, 5) is 16.7. The van der Waals surface area contributed by atoms with Gasteiger partial charge in [-0.15, -0.1) is 0 Å². The lowest BCUT2D eigenvalue weighted by atomic mass is 9.84. The van der Waals surface area contributed by atoms with Gasteiger partial charge >= 0.3 is 6.09 Å². The second-order valence-electron chi connectivity index (χ2n) is 6.85. The number of nitrogens with one attached hydrogen (secondary N) is 2. The number of amidine groups is 1. The Labute approximate surface area is 137 Å². The molecule has 0 radical (unpaired) electrons. The molecule has 1 aromatic rings. The quantitative estimate of drug-likeness (QED) is 0.577. The summed E-state index contributed by atoms with van der Waals surface area (Å²) in [5, 5.41) is 2.86. The molecule has 0 aliphatic carbocycles. The summed E-state index contributed by atoms with van der Waals surface area (Å²) in [6, 6.07) is 9.97. The maximum absolute atomic E-state index is 12.1. The molecule has 0 spiro atoms. The minimum atomic E-state index is -0.543. The van der Waals surface area contributed by atoms with Crippen LogP contribution in [0.4, 0.5) is 4.79 Å². The average Bonchev–Trinajstić information content (AvgIpc) is 2.47. The van der Waals surface area contributed by atoms with Crippen LogP contribution in [-0.2, 0) is 4.74 Å². The Morgan fingerprint density at radius 3 is 2.52 bits per heavy atom. The van der Waals surface area contributed by atoms with Crippen LogP contribution in [0.1, 0.15) is 45.6 Å². The molecule has 1 amide bonds. The first-order valence-corrected chi connectivity index (χ1v) is 7.89. The van der Waals surface area contributed by atoms with Gasteiger partial charge in [0.25, 0.3) is 0 Å². The molecule has 2 rings (SSSR count). The first-order chi connectivity index (χ1) is 10.8. The molecule has 0 aromatic heterocycles. The van der Waals surface area contributed by atoms with Gasteiger partial charge in [0.15, 0.2) is 0 Å². The van der Waals surface area contributed by atoms with E-state index in [2.05, 4.69) is 34.8 Å². The number of benzene rings is 1. The van der Waals surface area contributed by atoms with Gasteiger partial charge in [-0.1, -0.05) is 30.3 Å². The normalized spacial score (nSPS) is 24.6. The zero-order valence-corrected chi connectivity index (χ0v) is 14.2. The molecule has 1 aromatic carbocycles. The maximum Gasteiger partial charge on any atom is 0.408 e. The summed E-state index contributed by atoms with van der Waals surface area (Å²) < 4.78 is 5.33. The standard InChI is InChI=1S/C17H26N4O2/c1-11-13(12-8-6-5-7-9-12)10-14(15(19-11)21-18)20-16(22)23-17(2,3)4/h5-9,11,13-14H,10,18H2,1-4H3,(H,19,21)(H,20,22)/t11-,13-,14+/m1/s1. The van der Waals surface area contributed by atoms with Crippen LogP contribution in [0.25, 0.3) is 0 Å². The number of carbonyl (C=O) groups excluding carboxylic acids is 1. The average molecular weight is 318 g/mol. The van der Waals surface area contributed by atoms with Crippen LogP contribution < -0.4 is 16.6 Å². The van der Waals surface area contributed by atoms with Crippen molar-refractivity contribution < 1.29 is 9.53 Å². The van der Waals surface area contributed by atoms with Crippen LogP contribution in [0.3, 0.4) is 0 Å². The number of nitrogens with two attached hydrogens (primary N) is 1. The number of rotatable bonds is 2. The van der Waals surface area contributed by atoms with Crippen molar-refractivity contribution in [1.82, 2.24) is 10.7 Å². The van der Waals surface area contributed by atoms with Gasteiger partial charge in [-0.05, 0) is 39.7 Å². The van der Waals surface area contributed by atoms with Crippen LogP contribution in [0, 0.1) is 0 Å². The lowest BCUT2D eigenvalue weighted by Gasteiger charge is -2.34. The Balaban J connectivity index is 2.15. The van der Waals surface area contributed by atoms with E-state index in [1.165, 1.54) is 5.56 Å². The molecule has 1 aliphatic rings. The molecule has 1 heterocycles. The zero-order chi connectivity index (χ0) is 17.0. The smallest absolute Gasteiger partial charge is 0.408 e. The van der Waals surface area contributed by atoms with Gasteiger partial charge in [0.1, 0.15) is 11.4 Å². The highest BCUT2D eigenvalue weighted by molar-refractivity contribution is 5.90. The number of aliphatic imine (C=N–C) groups is 1. The number of hydrogen-bond donors (Lipinski definition) is 3. The third kappa shape index (κ3) is 4.69. The SMILES string of the molecule is C[C@H]1N=C(NN)[C@@H](NC(=O)OC(C)(C)C)C[C@H]1c1ccccc1. The van der Waals surface area contributed by atoms with Gasteiger partial charge < -0.3 is 15.5 Å². The third-order valence-corrected chi connectivity index (χ3v) is 3.81. The molecule has 0 saturated heterocycles. The highest BCUT2D eigenvalue weighted by Crippen LogP contribution is 2.30. The molecule has 1 aliphatic heterocycles. The predicted octanol–water partition coefficient (Wildman–Crippen LogP) is 2.32. The number of carbonyl (C=O) groups is 1. The number of alkyl carbamates (subject to hydrolysis) is 1. The lowest BCUT2D eigenvalue weighted by molar-refractivity contribution is 0.0512. The Kier molecular flexibility index (Phi) is 5.26. The van der Waals surface area contributed by atoms with Crippen molar-refractivity contribution in [3.63, 3.8) is 0 Å². The first kappa shape index (κ1) is 17.3. The number of amides is 1. The van der Waals surface area contributed by atoms with Gasteiger partial charge in [-0.25, -0.2) is 10.6 Å². The molecule has 126 valence electrons. The summed E-state index contributed by atoms with van der Waals surface area (Å²) in [5.41, 5.74) is 3.27. The van der Waals surface area contributed by atoms with Crippen molar-refractivity contribution in [1.29, 1.82) is 0 Å². The van der Waals surface area contributed by atoms with Crippen LogP contribution in [-0.4, -0.2) is 29.6 Å². The Hall–Kier alpha value is -2.08. The summed E-state index contributed by atoms with van der Waals surface area (Å²) in [5.74, 6) is 6.37. The summed E-state index contributed by atoms with van der Waals surface area (Å²) in [7, 11) is 0. The largest absolute Gasteiger partial charge is 0.444 e. The molecule has 3 atom stereocenters. The fraction of sp³-hybridized carbons (Fsp3) is 0.529. The highest BCUT2D eigenvalue weighted by atomic mass is 16.6. The lowest BCUT2D eigenvalue weighted by Crippen LogP contribution is -2.53. The third-order valence-electron chi connectivity index (χ3n) is 3.81. The van der Waals surface area contributed by atoms with E-state index in [-0.39, 0.29) is 18.0 Å². The van der Waals surface area contributed by atoms with Gasteiger partial charge in [0.05, 0.1) is 12.1 Å². The molecule has 23 heavy (non-hydrogen) atoms. The number of hydrogen-bond acceptors (Lipinski definition) is 5. The van der Waals surface area contributed by atoms with E-state index in [9.17, 15) is 4.79 Å². The minimum absolute atomic E-state index is 0.0835. The Morgan fingerprint density at radius 1 is 1.30 bits per heavy atom. The fourth-order valence-electron chi connectivity index (χ4n) is 2.79. The van der Waals surface area contributed by atoms with Crippen molar-refractivity contribution in [3.05, 3.63) is 35.9 Å². The molecule has 0 fully saturated rings. The van der Waals surface area contributed by atoms with Gasteiger partial charge in [-0.3, -0.25) is 4.99 Å². The van der Waals surface area contributed by atoms with Gasteiger partial charge in [-0.2, -0.15) is 0 Å². The summed E-state index contributed by atoms with van der Waals surface area (Å²) in [6.45, 7) is 7.55. The Morgan fingerprint density at radius 2 is 1.96 bits per heavy atom. The van der Waals surface area contributed by atoms with Crippen molar-refractivity contribution >= 4 is 11.9 Å². The first-order valence-electron chi connectivity index (χ1n) is 7.89.